The van der Waals surface area contributed by atoms with Gasteiger partial charge in [0, 0.05) is 16.9 Å². The Kier molecular flexibility index (Phi) is 9.57. The Hall–Kier alpha value is -6.43. The molecular formula is C32H24N8O11S3. The highest BCUT2D eigenvalue weighted by Crippen LogP contribution is 2.33. The van der Waals surface area contributed by atoms with Crippen molar-refractivity contribution in [1.82, 2.24) is 0 Å². The molecule has 276 valence electrons. The van der Waals surface area contributed by atoms with E-state index in [1.54, 1.807) is 0 Å². The lowest BCUT2D eigenvalue weighted by molar-refractivity contribution is 0.105. The summed E-state index contributed by atoms with van der Waals surface area (Å²) in [5, 5.41) is 16.0. The van der Waals surface area contributed by atoms with Crippen LogP contribution in [0.1, 0.15) is 31.8 Å². The molecule has 0 aliphatic heterocycles. The number of nitrogens with two attached hydrogens (primary N) is 2. The van der Waals surface area contributed by atoms with E-state index in [0.717, 1.165) is 24.3 Å². The number of carbonyl (C=O) groups is 2. The van der Waals surface area contributed by atoms with E-state index in [2.05, 4.69) is 31.3 Å². The summed E-state index contributed by atoms with van der Waals surface area (Å²) >= 11 is 0. The van der Waals surface area contributed by atoms with Gasteiger partial charge in [-0.1, -0.05) is 6.07 Å². The number of allylic oxidation sites excluding steroid dienone is 2. The van der Waals surface area contributed by atoms with Crippen molar-refractivity contribution in [3.8, 4) is 0 Å². The van der Waals surface area contributed by atoms with Gasteiger partial charge in [0.1, 0.15) is 9.81 Å². The fourth-order valence-corrected chi connectivity index (χ4v) is 7.01. The van der Waals surface area contributed by atoms with Crippen molar-refractivity contribution in [2.45, 2.75) is 4.90 Å². The maximum absolute atomic E-state index is 13.2. The third kappa shape index (κ3) is 7.82. The number of nitrogens with one attached hydrogen (secondary N) is 2. The first-order chi connectivity index (χ1) is 25.3. The van der Waals surface area contributed by atoms with E-state index in [0.29, 0.717) is 17.1 Å². The molecule has 54 heavy (non-hydrogen) atoms. The van der Waals surface area contributed by atoms with Crippen molar-refractivity contribution in [3.63, 3.8) is 0 Å². The van der Waals surface area contributed by atoms with Crippen molar-refractivity contribution in [3.05, 3.63) is 111 Å². The summed E-state index contributed by atoms with van der Waals surface area (Å²) in [6, 6.07) is 18.0. The fraction of sp³-hybridized carbons (Fsp3) is 0. The van der Waals surface area contributed by atoms with E-state index in [9.17, 15) is 48.5 Å². The normalized spacial score (nSPS) is 16.2. The molecule has 22 heteroatoms. The number of hydrogen-bond donors (Lipinski definition) is 7. The molecule has 0 amide bonds. The van der Waals surface area contributed by atoms with Crippen LogP contribution < -0.4 is 22.3 Å². The molecule has 0 heterocycles. The lowest BCUT2D eigenvalue weighted by Gasteiger charge is -2.18. The van der Waals surface area contributed by atoms with E-state index in [1.807, 2.05) is 0 Å². The Bertz CT molecular complexity index is 2780. The van der Waals surface area contributed by atoms with Gasteiger partial charge in [-0.15, -0.1) is 0 Å². The number of nitrogen functional groups attached to an aromatic ring is 2. The second-order valence-electron chi connectivity index (χ2n) is 11.4. The molecule has 9 N–H and O–H groups in total. The lowest BCUT2D eigenvalue weighted by Crippen LogP contribution is -2.28. The summed E-state index contributed by atoms with van der Waals surface area (Å²) in [6.07, 6.45) is 1.91. The molecule has 0 atom stereocenters. The monoisotopic (exact) mass is 792 g/mol. The van der Waals surface area contributed by atoms with Crippen LogP contribution in [0.25, 0.3) is 12.2 Å². The van der Waals surface area contributed by atoms with Crippen LogP contribution in [0.5, 0.6) is 0 Å². The highest BCUT2D eigenvalue weighted by Gasteiger charge is 2.35. The molecule has 19 nitrogen and oxygen atoms in total. The molecule has 0 radical (unpaired) electrons. The second kappa shape index (κ2) is 13.8. The first kappa shape index (κ1) is 37.3. The number of fused-ring (bicyclic) bond motifs is 2. The summed E-state index contributed by atoms with van der Waals surface area (Å²) in [5.74, 6) is -1.82. The van der Waals surface area contributed by atoms with Crippen LogP contribution in [0.3, 0.4) is 0 Å². The van der Waals surface area contributed by atoms with E-state index >= 15 is 0 Å². The van der Waals surface area contributed by atoms with Gasteiger partial charge < -0.3 is 11.5 Å². The van der Waals surface area contributed by atoms with Gasteiger partial charge in [-0.3, -0.25) is 34.1 Å². The van der Waals surface area contributed by atoms with Gasteiger partial charge in [0.15, 0.2) is 11.4 Å². The standard InChI is InChI=1S/C32H24N8O11S3/c33-18-2-1-16-12-26(53(46,47)48)29(31(41)24(16)14-18)39-37-21-7-3-19(4-8-21)35-36-20-5-9-22(10-6-20)38-40-30-27(54(49,50)51)13-17-11-23(52(43,44)45)15-25(34)28(17)32(30)42/h1-15,37-38H,33-34H2,(H,43,44,45)(H,46,47,48)(H,49,50,51). The fourth-order valence-electron chi connectivity index (χ4n) is 5.14. The van der Waals surface area contributed by atoms with E-state index < -0.39 is 73.7 Å². The van der Waals surface area contributed by atoms with E-state index in [1.165, 1.54) is 66.7 Å². The number of benzene rings is 4. The maximum Gasteiger partial charge on any atom is 0.296 e. The summed E-state index contributed by atoms with van der Waals surface area (Å²) in [4.78, 5) is 23.9. The first-order valence-electron chi connectivity index (χ1n) is 14.9. The molecular weight excluding hydrogens is 769 g/mol. The van der Waals surface area contributed by atoms with Gasteiger partial charge in [0.2, 0.25) is 11.6 Å². The quantitative estimate of drug-likeness (QED) is 0.0538. The van der Waals surface area contributed by atoms with E-state index in [-0.39, 0.29) is 33.6 Å². The van der Waals surface area contributed by atoms with Crippen LogP contribution in [0.4, 0.5) is 34.1 Å². The van der Waals surface area contributed by atoms with Crippen LogP contribution in [-0.4, -0.2) is 61.9 Å². The van der Waals surface area contributed by atoms with Crippen LogP contribution in [-0.2, 0) is 30.4 Å². The zero-order valence-electron chi connectivity index (χ0n) is 26.9. The first-order valence-corrected chi connectivity index (χ1v) is 19.2. The molecule has 2 aliphatic rings. The molecule has 0 aromatic heterocycles. The summed E-state index contributed by atoms with van der Waals surface area (Å²) < 4.78 is 100. The molecule has 2 aliphatic carbocycles. The molecule has 0 fully saturated rings. The average molecular weight is 793 g/mol. The predicted octanol–water partition coefficient (Wildman–Crippen LogP) is 4.30. The molecule has 0 saturated heterocycles. The Morgan fingerprint density at radius 2 is 1.04 bits per heavy atom. The van der Waals surface area contributed by atoms with Crippen molar-refractivity contribution < 1.29 is 48.5 Å². The highest BCUT2D eigenvalue weighted by molar-refractivity contribution is 7.91. The third-order valence-electron chi connectivity index (χ3n) is 7.65. The zero-order valence-corrected chi connectivity index (χ0v) is 29.4. The van der Waals surface area contributed by atoms with E-state index in [4.69, 9.17) is 11.5 Å². The highest BCUT2D eigenvalue weighted by atomic mass is 32.2. The summed E-state index contributed by atoms with van der Waals surface area (Å²) in [6.45, 7) is 0. The number of carbonyl (C=O) groups excluding carboxylic acids is 2. The van der Waals surface area contributed by atoms with Crippen LogP contribution >= 0.6 is 0 Å². The largest absolute Gasteiger partial charge is 0.399 e. The average Bonchev–Trinajstić information content (AvgIpc) is 3.09. The van der Waals surface area contributed by atoms with Gasteiger partial charge in [0.05, 0.1) is 33.2 Å². The molecule has 0 spiro atoms. The Morgan fingerprint density at radius 1 is 0.556 bits per heavy atom. The van der Waals surface area contributed by atoms with Gasteiger partial charge in [-0.25, -0.2) is 0 Å². The molecule has 0 unspecified atom stereocenters. The Labute approximate surface area is 305 Å². The van der Waals surface area contributed by atoms with Gasteiger partial charge in [-0.05, 0) is 96.1 Å². The van der Waals surface area contributed by atoms with Crippen molar-refractivity contribution >= 4 is 99.6 Å². The van der Waals surface area contributed by atoms with Crippen LogP contribution in [0.15, 0.2) is 114 Å². The number of anilines is 4. The van der Waals surface area contributed by atoms with Gasteiger partial charge in [0.25, 0.3) is 30.4 Å². The number of hydrazone groups is 2. The molecule has 6 rings (SSSR count). The number of nitrogens with zero attached hydrogens (tertiary/aromatic N) is 4. The molecule has 0 bridgehead atoms. The van der Waals surface area contributed by atoms with Gasteiger partial charge >= 0.3 is 0 Å². The van der Waals surface area contributed by atoms with Crippen molar-refractivity contribution in [1.29, 1.82) is 0 Å². The number of hydrogen-bond acceptors (Lipinski definition) is 16. The van der Waals surface area contributed by atoms with Gasteiger partial charge in [-0.2, -0.15) is 45.7 Å². The van der Waals surface area contributed by atoms with Crippen molar-refractivity contribution in [2.75, 3.05) is 22.3 Å². The number of rotatable bonds is 9. The second-order valence-corrected chi connectivity index (χ2v) is 15.6. The van der Waals surface area contributed by atoms with Crippen molar-refractivity contribution in [2.24, 2.45) is 20.4 Å². The summed E-state index contributed by atoms with van der Waals surface area (Å²) in [7, 11) is -14.6. The molecule has 0 saturated carbocycles. The third-order valence-corrected chi connectivity index (χ3v) is 10.2. The molecule has 4 aromatic carbocycles. The predicted molar refractivity (Wildman–Crippen MR) is 198 cm³/mol. The number of azo groups is 1. The number of ketones is 2. The topological polar surface area (TPSA) is 323 Å². The smallest absolute Gasteiger partial charge is 0.296 e. The minimum absolute atomic E-state index is 0.108. The van der Waals surface area contributed by atoms with Crippen LogP contribution in [0.2, 0.25) is 0 Å². The van der Waals surface area contributed by atoms with Crippen LogP contribution in [0, 0.1) is 0 Å². The molecule has 4 aromatic rings. The Morgan fingerprint density at radius 3 is 1.52 bits per heavy atom. The minimum atomic E-state index is -5.06. The minimum Gasteiger partial charge on any atom is -0.399 e. The summed E-state index contributed by atoms with van der Waals surface area (Å²) in [5.41, 5.74) is 16.4. The number of Topliss-reactive ketones (excluding diaryl/α,β-unsaturated/α-hetero) is 2. The Balaban J connectivity index is 1.15. The zero-order chi connectivity index (χ0) is 39.2. The SMILES string of the molecule is Nc1ccc2c(c1)C(=O)C(=NNc1ccc(N=Nc3ccc(NN=C4C(=O)c5c(N)cc(S(=O)(=O)O)cc5C=C4S(=O)(=O)O)cc3)cc1)C(S(=O)(=O)O)=C2. The maximum atomic E-state index is 13.2. The lowest BCUT2D eigenvalue weighted by atomic mass is 9.93.